The Bertz CT molecular complexity index is 221. The number of alkyl halides is 2. The van der Waals surface area contributed by atoms with Crippen LogP contribution in [0.1, 0.15) is 12.8 Å². The molecule has 5 heteroatoms. The van der Waals surface area contributed by atoms with E-state index >= 15 is 0 Å². The number of carbonyl (C=O) groups is 1. The zero-order valence-corrected chi connectivity index (χ0v) is 7.84. The Balaban J connectivity index is 2.27. The van der Waals surface area contributed by atoms with Crippen molar-refractivity contribution >= 4 is 5.91 Å². The molecule has 0 aromatic heterocycles. The molecule has 14 heavy (non-hydrogen) atoms. The van der Waals surface area contributed by atoms with E-state index in [4.69, 9.17) is 0 Å². The fraction of sp³-hybridized carbons (Fsp3) is 0.667. The molecule has 1 fully saturated rings. The molecule has 0 aliphatic carbocycles. The molecular formula is C9H13F2NO2. The molecular weight excluding hydrogens is 192 g/mol. The summed E-state index contributed by atoms with van der Waals surface area (Å²) in [6.45, 7) is 1.50. The number of nitrogens with zero attached hydrogens (tertiary/aromatic N) is 1. The highest BCUT2D eigenvalue weighted by atomic mass is 19.3. The van der Waals surface area contributed by atoms with Crippen molar-refractivity contribution in [3.8, 4) is 0 Å². The third-order valence-corrected chi connectivity index (χ3v) is 2.16. The highest BCUT2D eigenvalue weighted by molar-refractivity contribution is 5.77. The Morgan fingerprint density at radius 1 is 1.50 bits per heavy atom. The van der Waals surface area contributed by atoms with Gasteiger partial charge in [-0.05, 0) is 12.8 Å². The Labute approximate surface area is 81.3 Å². The number of rotatable bonds is 3. The molecule has 3 nitrogen and oxygen atoms in total. The van der Waals surface area contributed by atoms with Crippen molar-refractivity contribution in [1.29, 1.82) is 0 Å². The van der Waals surface area contributed by atoms with E-state index < -0.39 is 13.2 Å². The van der Waals surface area contributed by atoms with E-state index in [1.54, 1.807) is 0 Å². The van der Waals surface area contributed by atoms with Crippen molar-refractivity contribution < 1.29 is 18.3 Å². The summed E-state index contributed by atoms with van der Waals surface area (Å²) in [5.74, 6) is -0.377. The average molecular weight is 205 g/mol. The van der Waals surface area contributed by atoms with E-state index in [2.05, 4.69) is 11.3 Å². The summed E-state index contributed by atoms with van der Waals surface area (Å²) in [6, 6.07) is 0. The zero-order chi connectivity index (χ0) is 10.6. The molecule has 0 saturated carbocycles. The van der Waals surface area contributed by atoms with E-state index in [9.17, 15) is 13.6 Å². The predicted octanol–water partition coefficient (Wildman–Crippen LogP) is 1.40. The molecule has 80 valence electrons. The number of hydrogen-bond donors (Lipinski definition) is 0. The van der Waals surface area contributed by atoms with E-state index in [0.29, 0.717) is 13.1 Å². The molecule has 1 rings (SSSR count). The fourth-order valence-electron chi connectivity index (χ4n) is 1.30. The lowest BCUT2D eigenvalue weighted by Crippen LogP contribution is -2.38. The first-order valence-electron chi connectivity index (χ1n) is 4.44. The van der Waals surface area contributed by atoms with Gasteiger partial charge in [-0.15, -0.1) is 0 Å². The van der Waals surface area contributed by atoms with Crippen LogP contribution in [0.4, 0.5) is 8.78 Å². The number of piperidine rings is 1. The first-order valence-corrected chi connectivity index (χ1v) is 4.44. The highest BCUT2D eigenvalue weighted by Gasteiger charge is 2.19. The molecule has 1 amide bonds. The SMILES string of the molecule is C=C1CCN(C(=O)COC(F)F)CC1. The Hall–Kier alpha value is -0.970. The van der Waals surface area contributed by atoms with Gasteiger partial charge in [0.2, 0.25) is 5.91 Å². The first-order chi connectivity index (χ1) is 6.59. The van der Waals surface area contributed by atoms with Crippen molar-refractivity contribution in [2.24, 2.45) is 0 Å². The van der Waals surface area contributed by atoms with Crippen LogP contribution in [0.5, 0.6) is 0 Å². The van der Waals surface area contributed by atoms with Gasteiger partial charge in [0.25, 0.3) is 0 Å². The summed E-state index contributed by atoms with van der Waals surface area (Å²) in [6.07, 6.45) is 1.50. The van der Waals surface area contributed by atoms with Crippen molar-refractivity contribution in [3.63, 3.8) is 0 Å². The van der Waals surface area contributed by atoms with Crippen LogP contribution in [0.2, 0.25) is 0 Å². The molecule has 0 atom stereocenters. The maximum Gasteiger partial charge on any atom is 0.345 e. The number of amides is 1. The minimum absolute atomic E-state index is 0.377. The second kappa shape index (κ2) is 5.05. The van der Waals surface area contributed by atoms with E-state index in [-0.39, 0.29) is 5.91 Å². The number of likely N-dealkylation sites (tertiary alicyclic amines) is 1. The number of ether oxygens (including phenoxy) is 1. The summed E-state index contributed by atoms with van der Waals surface area (Å²) in [4.78, 5) is 12.8. The van der Waals surface area contributed by atoms with Gasteiger partial charge < -0.3 is 9.64 Å². The van der Waals surface area contributed by atoms with Crippen molar-refractivity contribution in [1.82, 2.24) is 4.90 Å². The molecule has 0 aromatic rings. The standard InChI is InChI=1S/C9H13F2NO2/c1-7-2-4-12(5-3-7)8(13)6-14-9(10)11/h9H,1-6H2. The third kappa shape index (κ3) is 3.41. The molecule has 0 radical (unpaired) electrons. The zero-order valence-electron chi connectivity index (χ0n) is 7.84. The first kappa shape index (κ1) is 11.1. The van der Waals surface area contributed by atoms with Crippen molar-refractivity contribution in [2.45, 2.75) is 19.5 Å². The topological polar surface area (TPSA) is 29.5 Å². The lowest BCUT2D eigenvalue weighted by Gasteiger charge is -2.27. The van der Waals surface area contributed by atoms with Gasteiger partial charge in [0.05, 0.1) is 0 Å². The van der Waals surface area contributed by atoms with Crippen LogP contribution in [-0.2, 0) is 9.53 Å². The van der Waals surface area contributed by atoms with Gasteiger partial charge in [0.15, 0.2) is 0 Å². The van der Waals surface area contributed by atoms with E-state index in [1.165, 1.54) is 4.90 Å². The second-order valence-corrected chi connectivity index (χ2v) is 3.20. The number of carbonyl (C=O) groups excluding carboxylic acids is 1. The summed E-state index contributed by atoms with van der Waals surface area (Å²) in [5.41, 5.74) is 1.10. The van der Waals surface area contributed by atoms with Crippen molar-refractivity contribution in [3.05, 3.63) is 12.2 Å². The fourth-order valence-corrected chi connectivity index (χ4v) is 1.30. The smallest absolute Gasteiger partial charge is 0.340 e. The van der Waals surface area contributed by atoms with Crippen molar-refractivity contribution in [2.75, 3.05) is 19.7 Å². The molecule has 0 unspecified atom stereocenters. The molecule has 0 aromatic carbocycles. The van der Waals surface area contributed by atoms with Crippen LogP contribution in [0.3, 0.4) is 0 Å². The normalized spacial score (nSPS) is 17.6. The maximum absolute atomic E-state index is 11.6. The summed E-state index contributed by atoms with van der Waals surface area (Å²) in [7, 11) is 0. The molecule has 0 N–H and O–H groups in total. The highest BCUT2D eigenvalue weighted by Crippen LogP contribution is 2.13. The van der Waals surface area contributed by atoms with Crippen LogP contribution < -0.4 is 0 Å². The van der Waals surface area contributed by atoms with Crippen LogP contribution in [0.25, 0.3) is 0 Å². The third-order valence-electron chi connectivity index (χ3n) is 2.16. The monoisotopic (exact) mass is 205 g/mol. The quantitative estimate of drug-likeness (QED) is 0.652. The van der Waals surface area contributed by atoms with Crippen LogP contribution in [-0.4, -0.2) is 37.1 Å². The largest absolute Gasteiger partial charge is 0.345 e. The molecule has 0 spiro atoms. The summed E-state index contributed by atoms with van der Waals surface area (Å²) >= 11 is 0. The number of halogens is 2. The van der Waals surface area contributed by atoms with Crippen LogP contribution in [0, 0.1) is 0 Å². The van der Waals surface area contributed by atoms with Crippen LogP contribution >= 0.6 is 0 Å². The Morgan fingerprint density at radius 3 is 2.57 bits per heavy atom. The van der Waals surface area contributed by atoms with Gasteiger partial charge in [0.1, 0.15) is 6.61 Å². The van der Waals surface area contributed by atoms with Crippen LogP contribution in [0.15, 0.2) is 12.2 Å². The molecule has 1 saturated heterocycles. The van der Waals surface area contributed by atoms with Gasteiger partial charge >= 0.3 is 6.61 Å². The Kier molecular flexibility index (Phi) is 4.00. The number of hydrogen-bond acceptors (Lipinski definition) is 2. The molecule has 1 heterocycles. The van der Waals surface area contributed by atoms with Gasteiger partial charge in [-0.3, -0.25) is 4.79 Å². The maximum atomic E-state index is 11.6. The Morgan fingerprint density at radius 2 is 2.07 bits per heavy atom. The predicted molar refractivity (Wildman–Crippen MR) is 46.9 cm³/mol. The lowest BCUT2D eigenvalue weighted by molar-refractivity contribution is -0.160. The minimum Gasteiger partial charge on any atom is -0.340 e. The minimum atomic E-state index is -2.88. The van der Waals surface area contributed by atoms with Gasteiger partial charge in [0, 0.05) is 13.1 Å². The van der Waals surface area contributed by atoms with Gasteiger partial charge in [-0.1, -0.05) is 12.2 Å². The van der Waals surface area contributed by atoms with Gasteiger partial charge in [-0.25, -0.2) is 0 Å². The van der Waals surface area contributed by atoms with E-state index in [1.807, 2.05) is 0 Å². The van der Waals surface area contributed by atoms with Gasteiger partial charge in [-0.2, -0.15) is 8.78 Å². The summed E-state index contributed by atoms with van der Waals surface area (Å²) < 4.78 is 27.2. The second-order valence-electron chi connectivity index (χ2n) is 3.20. The van der Waals surface area contributed by atoms with E-state index in [0.717, 1.165) is 18.4 Å². The lowest BCUT2D eigenvalue weighted by atomic mass is 10.1. The molecule has 0 bridgehead atoms. The average Bonchev–Trinajstić information content (AvgIpc) is 2.15. The molecule has 1 aliphatic rings. The molecule has 1 aliphatic heterocycles. The summed E-state index contributed by atoms with van der Waals surface area (Å²) in [5, 5.41) is 0.